The van der Waals surface area contributed by atoms with Crippen LogP contribution >= 0.6 is 11.3 Å². The Kier molecular flexibility index (Phi) is 3.59. The highest BCUT2D eigenvalue weighted by Crippen LogP contribution is 2.27. The quantitative estimate of drug-likeness (QED) is 0.875. The van der Waals surface area contributed by atoms with Crippen LogP contribution in [0.1, 0.15) is 25.1 Å². The Balaban J connectivity index is 2.23. The Morgan fingerprint density at radius 3 is 2.88 bits per heavy atom. The van der Waals surface area contributed by atoms with Gasteiger partial charge in [0.1, 0.15) is 17.0 Å². The Morgan fingerprint density at radius 2 is 2.18 bits per heavy atom. The Hall–Kier alpha value is -1.20. The van der Waals surface area contributed by atoms with E-state index in [-0.39, 0.29) is 6.04 Å². The van der Waals surface area contributed by atoms with E-state index in [1.807, 2.05) is 6.92 Å². The molecule has 5 heteroatoms. The monoisotopic (exact) mass is 250 g/mol. The van der Waals surface area contributed by atoms with Crippen LogP contribution in [0, 0.1) is 6.92 Å². The summed E-state index contributed by atoms with van der Waals surface area (Å²) in [6, 6.07) is 2.63. The number of hydrogen-bond donors (Lipinski definition) is 2. The van der Waals surface area contributed by atoms with Gasteiger partial charge >= 0.3 is 0 Å². The molecule has 0 aliphatic heterocycles. The maximum absolute atomic E-state index is 5.79. The van der Waals surface area contributed by atoms with Crippen LogP contribution in [0.4, 0.5) is 5.82 Å². The predicted octanol–water partition coefficient (Wildman–Crippen LogP) is 2.54. The van der Waals surface area contributed by atoms with Crippen LogP contribution in [-0.2, 0) is 0 Å². The minimum atomic E-state index is 0.194. The number of nitrogens with one attached hydrogen (secondary N) is 1. The van der Waals surface area contributed by atoms with Crippen molar-refractivity contribution in [1.29, 1.82) is 0 Å². The Bertz CT molecular complexity index is 506. The third-order valence-corrected chi connectivity index (χ3v) is 3.52. The van der Waals surface area contributed by atoms with Gasteiger partial charge in [-0.05, 0) is 33.3 Å². The summed E-state index contributed by atoms with van der Waals surface area (Å²) in [7, 11) is 0. The van der Waals surface area contributed by atoms with Crippen molar-refractivity contribution in [3.63, 3.8) is 0 Å². The van der Waals surface area contributed by atoms with E-state index in [0.29, 0.717) is 6.04 Å². The van der Waals surface area contributed by atoms with E-state index in [1.54, 1.807) is 17.7 Å². The molecule has 0 spiro atoms. The van der Waals surface area contributed by atoms with Gasteiger partial charge in [0.05, 0.1) is 5.39 Å². The first-order chi connectivity index (χ1) is 8.06. The Labute approximate surface area is 105 Å². The van der Waals surface area contributed by atoms with Crippen molar-refractivity contribution in [2.24, 2.45) is 5.73 Å². The number of thiophene rings is 1. The van der Waals surface area contributed by atoms with Gasteiger partial charge in [0, 0.05) is 17.0 Å². The molecule has 2 aromatic rings. The largest absolute Gasteiger partial charge is 0.367 e. The lowest BCUT2D eigenvalue weighted by molar-refractivity contribution is 0.604. The number of aromatic nitrogens is 2. The van der Waals surface area contributed by atoms with Crippen molar-refractivity contribution in [2.45, 2.75) is 39.3 Å². The second-order valence-corrected chi connectivity index (χ2v) is 5.79. The molecule has 2 aromatic heterocycles. The Morgan fingerprint density at radius 1 is 1.41 bits per heavy atom. The first kappa shape index (κ1) is 12.3. The molecule has 0 aromatic carbocycles. The van der Waals surface area contributed by atoms with Gasteiger partial charge in [-0.1, -0.05) is 0 Å². The van der Waals surface area contributed by atoms with Crippen LogP contribution in [-0.4, -0.2) is 22.1 Å². The van der Waals surface area contributed by atoms with E-state index in [2.05, 4.69) is 35.2 Å². The summed E-state index contributed by atoms with van der Waals surface area (Å²) in [5.74, 6) is 0.910. The lowest BCUT2D eigenvalue weighted by Gasteiger charge is -2.16. The summed E-state index contributed by atoms with van der Waals surface area (Å²) in [6.45, 7) is 6.22. The minimum Gasteiger partial charge on any atom is -0.367 e. The zero-order chi connectivity index (χ0) is 12.4. The number of rotatable bonds is 4. The number of nitrogens with zero attached hydrogens (tertiary/aromatic N) is 2. The lowest BCUT2D eigenvalue weighted by Crippen LogP contribution is -2.26. The molecule has 0 saturated heterocycles. The first-order valence-corrected chi connectivity index (χ1v) is 6.61. The van der Waals surface area contributed by atoms with E-state index in [1.165, 1.54) is 4.88 Å². The highest BCUT2D eigenvalue weighted by Gasteiger charge is 2.10. The molecule has 92 valence electrons. The summed E-state index contributed by atoms with van der Waals surface area (Å²) in [5.41, 5.74) is 5.79. The standard InChI is InChI=1S/C12H18N4S/c1-7(13)4-8(2)16-11-10-5-9(3)17-12(10)15-6-14-11/h5-8H,4,13H2,1-3H3,(H,14,15,16). The van der Waals surface area contributed by atoms with Gasteiger partial charge in [-0.2, -0.15) is 0 Å². The van der Waals surface area contributed by atoms with Crippen LogP contribution in [0.25, 0.3) is 10.2 Å². The zero-order valence-electron chi connectivity index (χ0n) is 10.4. The summed E-state index contributed by atoms with van der Waals surface area (Å²) in [6.07, 6.45) is 2.54. The molecular formula is C12H18N4S. The molecule has 0 amide bonds. The fourth-order valence-electron chi connectivity index (χ4n) is 1.94. The van der Waals surface area contributed by atoms with E-state index < -0.39 is 0 Å². The molecule has 0 aliphatic rings. The predicted molar refractivity (Wildman–Crippen MR) is 73.5 cm³/mol. The van der Waals surface area contributed by atoms with Crippen molar-refractivity contribution in [2.75, 3.05) is 5.32 Å². The van der Waals surface area contributed by atoms with Crippen molar-refractivity contribution in [3.8, 4) is 0 Å². The van der Waals surface area contributed by atoms with Crippen LogP contribution in [0.15, 0.2) is 12.4 Å². The molecule has 2 atom stereocenters. The smallest absolute Gasteiger partial charge is 0.138 e. The summed E-state index contributed by atoms with van der Waals surface area (Å²) in [4.78, 5) is 10.9. The number of nitrogens with two attached hydrogens (primary N) is 1. The number of hydrogen-bond acceptors (Lipinski definition) is 5. The third-order valence-electron chi connectivity index (χ3n) is 2.56. The fourth-order valence-corrected chi connectivity index (χ4v) is 2.79. The van der Waals surface area contributed by atoms with Crippen molar-refractivity contribution in [3.05, 3.63) is 17.3 Å². The number of aryl methyl sites for hydroxylation is 1. The molecule has 0 aliphatic carbocycles. The topological polar surface area (TPSA) is 63.8 Å². The first-order valence-electron chi connectivity index (χ1n) is 5.79. The molecule has 0 saturated carbocycles. The van der Waals surface area contributed by atoms with E-state index in [9.17, 15) is 0 Å². The van der Waals surface area contributed by atoms with Crippen molar-refractivity contribution in [1.82, 2.24) is 9.97 Å². The van der Waals surface area contributed by atoms with Crippen LogP contribution in [0.3, 0.4) is 0 Å². The summed E-state index contributed by atoms with van der Waals surface area (Å²) in [5, 5.41) is 4.51. The third kappa shape index (κ3) is 2.92. The maximum Gasteiger partial charge on any atom is 0.138 e. The molecule has 0 fully saturated rings. The second-order valence-electron chi connectivity index (χ2n) is 4.56. The summed E-state index contributed by atoms with van der Waals surface area (Å²) >= 11 is 1.69. The zero-order valence-corrected chi connectivity index (χ0v) is 11.2. The van der Waals surface area contributed by atoms with Crippen LogP contribution in [0.5, 0.6) is 0 Å². The normalized spacial score (nSPS) is 14.8. The molecular weight excluding hydrogens is 232 g/mol. The lowest BCUT2D eigenvalue weighted by atomic mass is 10.1. The fraction of sp³-hybridized carbons (Fsp3) is 0.500. The van der Waals surface area contributed by atoms with E-state index in [0.717, 1.165) is 22.5 Å². The van der Waals surface area contributed by atoms with Crippen molar-refractivity contribution < 1.29 is 0 Å². The second kappa shape index (κ2) is 4.98. The van der Waals surface area contributed by atoms with Gasteiger partial charge in [0.2, 0.25) is 0 Å². The van der Waals surface area contributed by atoms with Crippen molar-refractivity contribution >= 4 is 27.4 Å². The van der Waals surface area contributed by atoms with Gasteiger partial charge < -0.3 is 11.1 Å². The molecule has 2 unspecified atom stereocenters. The van der Waals surface area contributed by atoms with Gasteiger partial charge in [-0.15, -0.1) is 11.3 Å². The molecule has 0 bridgehead atoms. The SMILES string of the molecule is Cc1cc2c(NC(C)CC(C)N)ncnc2s1. The van der Waals surface area contributed by atoms with Crippen LogP contribution in [0.2, 0.25) is 0 Å². The van der Waals surface area contributed by atoms with Gasteiger partial charge in [0.15, 0.2) is 0 Å². The molecule has 3 N–H and O–H groups in total. The van der Waals surface area contributed by atoms with Gasteiger partial charge in [-0.25, -0.2) is 9.97 Å². The molecule has 0 radical (unpaired) electrons. The van der Waals surface area contributed by atoms with Gasteiger partial charge in [-0.3, -0.25) is 0 Å². The molecule has 4 nitrogen and oxygen atoms in total. The minimum absolute atomic E-state index is 0.194. The highest BCUT2D eigenvalue weighted by molar-refractivity contribution is 7.18. The molecule has 17 heavy (non-hydrogen) atoms. The maximum atomic E-state index is 5.79. The van der Waals surface area contributed by atoms with Crippen LogP contribution < -0.4 is 11.1 Å². The number of anilines is 1. The number of fused-ring (bicyclic) bond motifs is 1. The molecule has 2 rings (SSSR count). The van der Waals surface area contributed by atoms with E-state index >= 15 is 0 Å². The summed E-state index contributed by atoms with van der Waals surface area (Å²) < 4.78 is 0. The molecule has 2 heterocycles. The average molecular weight is 250 g/mol. The highest BCUT2D eigenvalue weighted by atomic mass is 32.1. The average Bonchev–Trinajstić information content (AvgIpc) is 2.58. The van der Waals surface area contributed by atoms with Gasteiger partial charge in [0.25, 0.3) is 0 Å². The van der Waals surface area contributed by atoms with E-state index in [4.69, 9.17) is 5.73 Å².